The Balaban J connectivity index is 1.20. The molecule has 8 rings (SSSR count). The maximum Gasteiger partial charge on any atom is 0.132 e. The van der Waals surface area contributed by atoms with Crippen LogP contribution in [0.4, 0.5) is 0 Å². The van der Waals surface area contributed by atoms with E-state index in [1.54, 1.807) is 0 Å². The van der Waals surface area contributed by atoms with Crippen LogP contribution in [0.1, 0.15) is 39.3 Å². The molecule has 2 aliphatic heterocycles. The van der Waals surface area contributed by atoms with E-state index in [9.17, 15) is 0 Å². The van der Waals surface area contributed by atoms with Crippen molar-refractivity contribution in [1.29, 1.82) is 0 Å². The maximum absolute atomic E-state index is 6.48. The minimum Gasteiger partial charge on any atom is -0.457 e. The fraction of sp³-hybridized carbons (Fsp3) is 0.0465. The van der Waals surface area contributed by atoms with Crippen LogP contribution in [0.3, 0.4) is 0 Å². The number of nitrogens with zero attached hydrogens (tertiary/aromatic N) is 1. The smallest absolute Gasteiger partial charge is 0.132 e. The molecule has 0 spiro atoms. The van der Waals surface area contributed by atoms with Gasteiger partial charge in [0.05, 0.1) is 11.1 Å². The first-order chi connectivity index (χ1) is 22.2. The molecule has 2 heteroatoms. The van der Waals surface area contributed by atoms with Crippen molar-refractivity contribution < 1.29 is 4.74 Å². The van der Waals surface area contributed by atoms with Crippen LogP contribution in [-0.2, 0) is 5.41 Å². The molecule has 6 aromatic rings. The Morgan fingerprint density at radius 1 is 0.533 bits per heavy atom. The number of allylic oxidation sites excluding steroid dienone is 2. The number of para-hydroxylation sites is 2. The van der Waals surface area contributed by atoms with E-state index in [1.165, 1.54) is 16.7 Å². The van der Waals surface area contributed by atoms with Crippen LogP contribution in [-0.4, -0.2) is 5.71 Å². The summed E-state index contributed by atoms with van der Waals surface area (Å²) in [6, 6.07) is 55.7. The Bertz CT molecular complexity index is 2040. The van der Waals surface area contributed by atoms with E-state index in [0.29, 0.717) is 0 Å². The molecular weight excluding hydrogens is 546 g/mol. The summed E-state index contributed by atoms with van der Waals surface area (Å²) in [5.41, 5.74) is 10.5. The lowest BCUT2D eigenvalue weighted by atomic mass is 9.63. The summed E-state index contributed by atoms with van der Waals surface area (Å²) < 4.78 is 6.48. The summed E-state index contributed by atoms with van der Waals surface area (Å²) in [5.74, 6) is 1.87. The highest BCUT2D eigenvalue weighted by molar-refractivity contribution is 6.10. The SMILES string of the molecule is C=C1N=C(c2ccc(-c3cccc(C4(c5ccccc5)c5ccccc5Oc5ccccc54)c3)cc2)C=CC1c1ccccc1. The van der Waals surface area contributed by atoms with Crippen molar-refractivity contribution in [2.45, 2.75) is 11.3 Å². The first-order valence-corrected chi connectivity index (χ1v) is 15.4. The summed E-state index contributed by atoms with van der Waals surface area (Å²) in [5, 5.41) is 0. The van der Waals surface area contributed by atoms with Crippen molar-refractivity contribution in [2.75, 3.05) is 0 Å². The zero-order chi connectivity index (χ0) is 30.2. The summed E-state index contributed by atoms with van der Waals surface area (Å²) in [4.78, 5) is 4.90. The monoisotopic (exact) mass is 577 g/mol. The largest absolute Gasteiger partial charge is 0.457 e. The summed E-state index contributed by atoms with van der Waals surface area (Å²) >= 11 is 0. The quantitative estimate of drug-likeness (QED) is 0.199. The van der Waals surface area contributed by atoms with Gasteiger partial charge in [-0.15, -0.1) is 0 Å². The third-order valence-corrected chi connectivity index (χ3v) is 9.05. The van der Waals surface area contributed by atoms with Crippen molar-refractivity contribution in [3.05, 3.63) is 216 Å². The van der Waals surface area contributed by atoms with Crippen LogP contribution < -0.4 is 4.74 Å². The van der Waals surface area contributed by atoms with Gasteiger partial charge in [0.15, 0.2) is 0 Å². The highest BCUT2D eigenvalue weighted by Crippen LogP contribution is 2.55. The minimum absolute atomic E-state index is 0.106. The number of ether oxygens (including phenoxy) is 1. The predicted molar refractivity (Wildman–Crippen MR) is 184 cm³/mol. The molecule has 0 amide bonds. The molecule has 0 saturated carbocycles. The average molecular weight is 578 g/mol. The van der Waals surface area contributed by atoms with Crippen LogP contribution in [0.5, 0.6) is 11.5 Å². The summed E-state index contributed by atoms with van der Waals surface area (Å²) in [6.07, 6.45) is 4.32. The van der Waals surface area contributed by atoms with E-state index >= 15 is 0 Å². The lowest BCUT2D eigenvalue weighted by Gasteiger charge is -2.41. The van der Waals surface area contributed by atoms with E-state index in [0.717, 1.165) is 50.7 Å². The molecule has 1 unspecified atom stereocenters. The number of fused-ring (bicyclic) bond motifs is 2. The van der Waals surface area contributed by atoms with Crippen molar-refractivity contribution >= 4 is 5.71 Å². The Labute approximate surface area is 264 Å². The van der Waals surface area contributed by atoms with Crippen LogP contribution in [0, 0.1) is 0 Å². The Hall–Kier alpha value is -5.73. The van der Waals surface area contributed by atoms with Crippen molar-refractivity contribution in [1.82, 2.24) is 0 Å². The molecule has 0 radical (unpaired) electrons. The molecule has 6 aromatic carbocycles. The van der Waals surface area contributed by atoms with Gasteiger partial charge in [0, 0.05) is 28.3 Å². The zero-order valence-electron chi connectivity index (χ0n) is 24.8. The molecule has 0 bridgehead atoms. The number of hydrogen-bond donors (Lipinski definition) is 0. The average Bonchev–Trinajstić information content (AvgIpc) is 3.11. The maximum atomic E-state index is 6.48. The number of hydrogen-bond acceptors (Lipinski definition) is 2. The van der Waals surface area contributed by atoms with Crippen molar-refractivity contribution in [3.63, 3.8) is 0 Å². The fourth-order valence-electron chi connectivity index (χ4n) is 6.92. The molecule has 0 aromatic heterocycles. The van der Waals surface area contributed by atoms with E-state index < -0.39 is 5.41 Å². The van der Waals surface area contributed by atoms with E-state index in [2.05, 4.69) is 158 Å². The normalized spacial score (nSPS) is 16.2. The molecule has 2 nitrogen and oxygen atoms in total. The zero-order valence-corrected chi connectivity index (χ0v) is 24.8. The van der Waals surface area contributed by atoms with Crippen LogP contribution in [0.2, 0.25) is 0 Å². The van der Waals surface area contributed by atoms with Crippen molar-refractivity contribution in [3.8, 4) is 22.6 Å². The Kier molecular flexibility index (Phi) is 6.61. The van der Waals surface area contributed by atoms with Gasteiger partial charge in [0.2, 0.25) is 0 Å². The van der Waals surface area contributed by atoms with Gasteiger partial charge in [-0.05, 0) is 52.1 Å². The molecular formula is C43H31NO. The molecule has 1 atom stereocenters. The molecule has 214 valence electrons. The van der Waals surface area contributed by atoms with E-state index in [1.807, 2.05) is 18.2 Å². The predicted octanol–water partition coefficient (Wildman–Crippen LogP) is 10.5. The van der Waals surface area contributed by atoms with Gasteiger partial charge >= 0.3 is 0 Å². The lowest BCUT2D eigenvalue weighted by Crippen LogP contribution is -2.34. The first kappa shape index (κ1) is 26.9. The van der Waals surface area contributed by atoms with Gasteiger partial charge in [-0.1, -0.05) is 152 Å². The number of aliphatic imine (C=N–C) groups is 1. The Morgan fingerprint density at radius 2 is 1.11 bits per heavy atom. The highest BCUT2D eigenvalue weighted by atomic mass is 16.5. The van der Waals surface area contributed by atoms with E-state index in [4.69, 9.17) is 9.73 Å². The van der Waals surface area contributed by atoms with Crippen molar-refractivity contribution in [2.24, 2.45) is 4.99 Å². The topological polar surface area (TPSA) is 21.6 Å². The van der Waals surface area contributed by atoms with Crippen LogP contribution >= 0.6 is 0 Å². The number of rotatable bonds is 5. The van der Waals surface area contributed by atoms with Gasteiger partial charge in [-0.25, -0.2) is 0 Å². The summed E-state index contributed by atoms with van der Waals surface area (Å²) in [6.45, 7) is 4.28. The molecule has 2 heterocycles. The van der Waals surface area contributed by atoms with Gasteiger partial charge in [-0.3, -0.25) is 4.99 Å². The van der Waals surface area contributed by atoms with Gasteiger partial charge in [0.25, 0.3) is 0 Å². The van der Waals surface area contributed by atoms with Gasteiger partial charge in [0.1, 0.15) is 11.5 Å². The highest BCUT2D eigenvalue weighted by Gasteiger charge is 2.45. The first-order valence-electron chi connectivity index (χ1n) is 15.4. The second-order valence-corrected chi connectivity index (χ2v) is 11.6. The molecule has 45 heavy (non-hydrogen) atoms. The molecule has 2 aliphatic rings. The van der Waals surface area contributed by atoms with Gasteiger partial charge < -0.3 is 4.74 Å². The number of dihydropyridines is 1. The molecule has 0 N–H and O–H groups in total. The minimum atomic E-state index is -0.542. The van der Waals surface area contributed by atoms with Crippen LogP contribution in [0.25, 0.3) is 11.1 Å². The summed E-state index contributed by atoms with van der Waals surface area (Å²) in [7, 11) is 0. The number of benzene rings is 6. The molecule has 0 saturated heterocycles. The Morgan fingerprint density at radius 3 is 1.78 bits per heavy atom. The van der Waals surface area contributed by atoms with Gasteiger partial charge in [-0.2, -0.15) is 0 Å². The third kappa shape index (κ3) is 4.54. The second-order valence-electron chi connectivity index (χ2n) is 11.6. The fourth-order valence-corrected chi connectivity index (χ4v) is 6.92. The van der Waals surface area contributed by atoms with Crippen LogP contribution in [0.15, 0.2) is 187 Å². The molecule has 0 aliphatic carbocycles. The lowest BCUT2D eigenvalue weighted by molar-refractivity contribution is 0.434. The standard InChI is InChI=1S/C43H31NO/c1-30-37(32-13-4-2-5-14-32)27-28-40(44-30)33-25-23-31(24-26-33)34-15-12-18-36(29-34)43(35-16-6-3-7-17-35)38-19-8-10-21-41(38)45-42-22-11-9-20-39(42)43/h2-29,37H,1H2. The van der Waals surface area contributed by atoms with E-state index in [-0.39, 0.29) is 5.92 Å². The molecule has 0 fully saturated rings. The second kappa shape index (κ2) is 11.1. The third-order valence-electron chi connectivity index (χ3n) is 9.05.